The van der Waals surface area contributed by atoms with Crippen LogP contribution in [-0.2, 0) is 10.0 Å². The summed E-state index contributed by atoms with van der Waals surface area (Å²) in [4.78, 5) is 6.76. The summed E-state index contributed by atoms with van der Waals surface area (Å²) in [7, 11) is -3.25. The molecule has 1 saturated heterocycles. The number of benzene rings is 1. The van der Waals surface area contributed by atoms with Gasteiger partial charge in [-0.1, -0.05) is 32.0 Å². The third-order valence-electron chi connectivity index (χ3n) is 4.83. The Bertz CT molecular complexity index is 704. The molecule has 0 spiro atoms. The number of nitrogens with one attached hydrogen (secondary N) is 1. The standard InChI is InChI=1S/C20H34N4O3S.HI/c1-4-21-20(22-14-17-28(25,26)24(5-2)6-3)23-15-12-19(13-16-23)27-18-10-8-7-9-11-18;/h7-11,19H,4-6,12-17H2,1-3H3,(H,21,22);1H. The lowest BCUT2D eigenvalue weighted by molar-refractivity contribution is 0.129. The van der Waals surface area contributed by atoms with Gasteiger partial charge >= 0.3 is 0 Å². The Balaban J connectivity index is 0.00000420. The highest BCUT2D eigenvalue weighted by atomic mass is 127. The number of nitrogens with zero attached hydrogens (tertiary/aromatic N) is 3. The van der Waals surface area contributed by atoms with E-state index in [1.54, 1.807) is 0 Å². The molecule has 0 amide bonds. The molecule has 1 fully saturated rings. The SMILES string of the molecule is CCNC(=NCCS(=O)(=O)N(CC)CC)N1CCC(Oc2ccccc2)CC1.I. The molecule has 9 heteroatoms. The van der Waals surface area contributed by atoms with Crippen LogP contribution < -0.4 is 10.1 Å². The largest absolute Gasteiger partial charge is 0.490 e. The van der Waals surface area contributed by atoms with Gasteiger partial charge in [-0.15, -0.1) is 24.0 Å². The Morgan fingerprint density at radius 2 is 1.79 bits per heavy atom. The Morgan fingerprint density at radius 1 is 1.17 bits per heavy atom. The summed E-state index contributed by atoms with van der Waals surface area (Å²) in [6.07, 6.45) is 2.03. The van der Waals surface area contributed by atoms with Gasteiger partial charge in [0.15, 0.2) is 5.96 Å². The molecule has 1 aliphatic heterocycles. The second kappa shape index (κ2) is 13.3. The minimum atomic E-state index is -3.25. The van der Waals surface area contributed by atoms with E-state index < -0.39 is 10.0 Å². The molecule has 29 heavy (non-hydrogen) atoms. The number of aliphatic imine (C=N–C) groups is 1. The van der Waals surface area contributed by atoms with Crippen molar-refractivity contribution >= 4 is 40.0 Å². The molecule has 0 aliphatic carbocycles. The zero-order valence-corrected chi connectivity index (χ0v) is 20.9. The molecule has 166 valence electrons. The van der Waals surface area contributed by atoms with Crippen molar-refractivity contribution in [3.05, 3.63) is 30.3 Å². The van der Waals surface area contributed by atoms with E-state index in [0.717, 1.165) is 44.2 Å². The first-order valence-electron chi connectivity index (χ1n) is 10.2. The molecule has 0 radical (unpaired) electrons. The first-order valence-corrected chi connectivity index (χ1v) is 11.8. The van der Waals surface area contributed by atoms with Crippen molar-refractivity contribution in [3.63, 3.8) is 0 Å². The maximum Gasteiger partial charge on any atom is 0.215 e. The zero-order valence-electron chi connectivity index (χ0n) is 17.7. The number of hydrogen-bond acceptors (Lipinski definition) is 4. The van der Waals surface area contributed by atoms with Crippen LogP contribution in [0.1, 0.15) is 33.6 Å². The molecule has 1 aromatic rings. The minimum Gasteiger partial charge on any atom is -0.490 e. The third-order valence-corrected chi connectivity index (χ3v) is 6.83. The highest BCUT2D eigenvalue weighted by Crippen LogP contribution is 2.18. The van der Waals surface area contributed by atoms with E-state index in [-0.39, 0.29) is 42.4 Å². The van der Waals surface area contributed by atoms with E-state index in [2.05, 4.69) is 15.2 Å². The quantitative estimate of drug-likeness (QED) is 0.298. The van der Waals surface area contributed by atoms with Gasteiger partial charge in [0.05, 0.1) is 12.3 Å². The Morgan fingerprint density at radius 3 is 2.34 bits per heavy atom. The fraction of sp³-hybridized carbons (Fsp3) is 0.650. The summed E-state index contributed by atoms with van der Waals surface area (Å²) in [5, 5.41) is 3.29. The van der Waals surface area contributed by atoms with Crippen LogP contribution in [0.4, 0.5) is 0 Å². The summed E-state index contributed by atoms with van der Waals surface area (Å²) in [5.74, 6) is 1.73. The normalized spacial score (nSPS) is 15.9. The number of guanidine groups is 1. The lowest BCUT2D eigenvalue weighted by Crippen LogP contribution is -2.47. The average molecular weight is 538 g/mol. The van der Waals surface area contributed by atoms with Crippen molar-refractivity contribution in [2.45, 2.75) is 39.7 Å². The van der Waals surface area contributed by atoms with Gasteiger partial charge in [-0.25, -0.2) is 12.7 Å². The fourth-order valence-electron chi connectivity index (χ4n) is 3.32. The Hall–Kier alpha value is -1.07. The van der Waals surface area contributed by atoms with Gasteiger partial charge in [0.2, 0.25) is 10.0 Å². The molecule has 0 saturated carbocycles. The van der Waals surface area contributed by atoms with Crippen molar-refractivity contribution in [2.75, 3.05) is 45.0 Å². The van der Waals surface area contributed by atoms with Crippen LogP contribution in [0, 0.1) is 0 Å². The second-order valence-electron chi connectivity index (χ2n) is 6.75. The maximum atomic E-state index is 12.3. The smallest absolute Gasteiger partial charge is 0.215 e. The van der Waals surface area contributed by atoms with E-state index in [4.69, 9.17) is 4.74 Å². The maximum absolute atomic E-state index is 12.3. The monoisotopic (exact) mass is 538 g/mol. The molecular weight excluding hydrogens is 503 g/mol. The third kappa shape index (κ3) is 8.29. The number of rotatable bonds is 9. The molecule has 1 heterocycles. The lowest BCUT2D eigenvalue weighted by atomic mass is 10.1. The van der Waals surface area contributed by atoms with Crippen molar-refractivity contribution in [1.82, 2.24) is 14.5 Å². The molecule has 1 N–H and O–H groups in total. The second-order valence-corrected chi connectivity index (χ2v) is 8.84. The van der Waals surface area contributed by atoms with Crippen LogP contribution >= 0.6 is 24.0 Å². The molecular formula is C20H35IN4O3S. The highest BCUT2D eigenvalue weighted by molar-refractivity contribution is 14.0. The highest BCUT2D eigenvalue weighted by Gasteiger charge is 2.23. The number of para-hydroxylation sites is 1. The van der Waals surface area contributed by atoms with Gasteiger partial charge < -0.3 is 15.0 Å². The summed E-state index contributed by atoms with van der Waals surface area (Å²) in [6, 6.07) is 9.90. The Labute approximate surface area is 193 Å². The molecule has 7 nitrogen and oxygen atoms in total. The van der Waals surface area contributed by atoms with Crippen molar-refractivity contribution in [1.29, 1.82) is 0 Å². The van der Waals surface area contributed by atoms with Gasteiger partial charge in [-0.05, 0) is 19.1 Å². The number of ether oxygens (including phenoxy) is 1. The molecule has 1 aromatic carbocycles. The lowest BCUT2D eigenvalue weighted by Gasteiger charge is -2.34. The number of hydrogen-bond donors (Lipinski definition) is 1. The zero-order chi connectivity index (χ0) is 20.4. The van der Waals surface area contributed by atoms with E-state index in [9.17, 15) is 8.42 Å². The molecule has 0 aromatic heterocycles. The minimum absolute atomic E-state index is 0. The fourth-order valence-corrected chi connectivity index (χ4v) is 4.68. The molecule has 0 atom stereocenters. The van der Waals surface area contributed by atoms with Gasteiger partial charge in [0.25, 0.3) is 0 Å². The molecule has 1 aliphatic rings. The molecule has 0 unspecified atom stereocenters. The summed E-state index contributed by atoms with van der Waals surface area (Å²) in [6.45, 7) is 9.43. The predicted octanol–water partition coefficient (Wildman–Crippen LogP) is 2.78. The number of sulfonamides is 1. The topological polar surface area (TPSA) is 74.2 Å². The van der Waals surface area contributed by atoms with E-state index in [1.165, 1.54) is 4.31 Å². The Kier molecular flexibility index (Phi) is 11.9. The predicted molar refractivity (Wildman–Crippen MR) is 130 cm³/mol. The van der Waals surface area contributed by atoms with Crippen LogP contribution in [0.3, 0.4) is 0 Å². The average Bonchev–Trinajstić information content (AvgIpc) is 2.69. The number of piperidine rings is 1. The first kappa shape index (κ1) is 26.0. The summed E-state index contributed by atoms with van der Waals surface area (Å²) < 4.78 is 32.2. The van der Waals surface area contributed by atoms with Gasteiger partial charge in [0, 0.05) is 45.6 Å². The van der Waals surface area contributed by atoms with Gasteiger partial charge in [-0.3, -0.25) is 4.99 Å². The van der Waals surface area contributed by atoms with Crippen molar-refractivity contribution < 1.29 is 13.2 Å². The van der Waals surface area contributed by atoms with Crippen LogP contribution in [0.5, 0.6) is 5.75 Å². The van der Waals surface area contributed by atoms with Crippen LogP contribution in [0.15, 0.2) is 35.3 Å². The van der Waals surface area contributed by atoms with E-state index >= 15 is 0 Å². The number of halogens is 1. The number of likely N-dealkylation sites (tertiary alicyclic amines) is 1. The van der Waals surface area contributed by atoms with E-state index in [1.807, 2.05) is 51.1 Å². The van der Waals surface area contributed by atoms with E-state index in [0.29, 0.717) is 13.1 Å². The van der Waals surface area contributed by atoms with Crippen LogP contribution in [0.25, 0.3) is 0 Å². The van der Waals surface area contributed by atoms with Crippen LogP contribution in [0.2, 0.25) is 0 Å². The van der Waals surface area contributed by atoms with Crippen molar-refractivity contribution in [2.24, 2.45) is 4.99 Å². The van der Waals surface area contributed by atoms with Gasteiger partial charge in [-0.2, -0.15) is 0 Å². The van der Waals surface area contributed by atoms with Gasteiger partial charge in [0.1, 0.15) is 11.9 Å². The summed E-state index contributed by atoms with van der Waals surface area (Å²) in [5.41, 5.74) is 0. The summed E-state index contributed by atoms with van der Waals surface area (Å²) >= 11 is 0. The molecule has 0 bridgehead atoms. The van der Waals surface area contributed by atoms with Crippen LogP contribution in [-0.4, -0.2) is 74.7 Å². The first-order chi connectivity index (χ1) is 13.5. The molecule has 2 rings (SSSR count). The van der Waals surface area contributed by atoms with Crippen molar-refractivity contribution in [3.8, 4) is 5.75 Å².